The molecule has 0 spiro atoms. The van der Waals surface area contributed by atoms with E-state index in [0.717, 1.165) is 12.2 Å². The first-order valence-corrected chi connectivity index (χ1v) is 5.32. The Morgan fingerprint density at radius 3 is 2.88 bits per heavy atom. The maximum absolute atomic E-state index is 5.16. The van der Waals surface area contributed by atoms with Crippen LogP contribution >= 0.6 is 0 Å². The highest BCUT2D eigenvalue weighted by Gasteiger charge is 2.00. The first-order valence-electron chi connectivity index (χ1n) is 5.32. The number of H-pyrrole nitrogens is 1. The maximum atomic E-state index is 5.16. The predicted octanol–water partition coefficient (Wildman–Crippen LogP) is 2.77. The van der Waals surface area contributed by atoms with E-state index in [0.29, 0.717) is 6.61 Å². The molecule has 3 nitrogen and oxygen atoms in total. The van der Waals surface area contributed by atoms with E-state index >= 15 is 0 Å². The molecule has 0 bridgehead atoms. The molecule has 1 aromatic heterocycles. The molecule has 1 aromatic carbocycles. The van der Waals surface area contributed by atoms with Gasteiger partial charge in [0.25, 0.3) is 0 Å². The SMILES string of the molecule is COCc1ccccc1NCc1cc[nH]c1. The van der Waals surface area contributed by atoms with Gasteiger partial charge in [0.05, 0.1) is 6.61 Å². The van der Waals surface area contributed by atoms with Crippen LogP contribution in [0.3, 0.4) is 0 Å². The number of hydrogen-bond donors (Lipinski definition) is 2. The zero-order valence-corrected chi connectivity index (χ0v) is 9.36. The zero-order valence-electron chi connectivity index (χ0n) is 9.36. The number of aromatic nitrogens is 1. The first-order chi connectivity index (χ1) is 7.90. The molecule has 0 radical (unpaired) electrons. The van der Waals surface area contributed by atoms with Crippen molar-refractivity contribution in [3.05, 3.63) is 53.9 Å². The van der Waals surface area contributed by atoms with Gasteiger partial charge in [-0.05, 0) is 17.7 Å². The summed E-state index contributed by atoms with van der Waals surface area (Å²) in [6, 6.07) is 10.3. The van der Waals surface area contributed by atoms with Crippen LogP contribution in [0, 0.1) is 0 Å². The van der Waals surface area contributed by atoms with Crippen LogP contribution in [-0.4, -0.2) is 12.1 Å². The Morgan fingerprint density at radius 1 is 1.25 bits per heavy atom. The largest absolute Gasteiger partial charge is 0.381 e. The van der Waals surface area contributed by atoms with E-state index in [-0.39, 0.29) is 0 Å². The Kier molecular flexibility index (Phi) is 3.62. The van der Waals surface area contributed by atoms with Crippen LogP contribution in [0.15, 0.2) is 42.7 Å². The summed E-state index contributed by atoms with van der Waals surface area (Å²) in [5, 5.41) is 3.40. The Hall–Kier alpha value is -1.74. The van der Waals surface area contributed by atoms with E-state index in [4.69, 9.17) is 4.74 Å². The third-order valence-electron chi connectivity index (χ3n) is 2.46. The Balaban J connectivity index is 2.03. The molecule has 0 unspecified atom stereocenters. The summed E-state index contributed by atoms with van der Waals surface area (Å²) in [5.41, 5.74) is 3.55. The third-order valence-corrected chi connectivity index (χ3v) is 2.46. The average molecular weight is 216 g/mol. The number of hydrogen-bond acceptors (Lipinski definition) is 2. The second-order valence-corrected chi connectivity index (χ2v) is 3.66. The molecule has 0 aliphatic rings. The lowest BCUT2D eigenvalue weighted by Crippen LogP contribution is -2.02. The predicted molar refractivity (Wildman–Crippen MR) is 65.3 cm³/mol. The van der Waals surface area contributed by atoms with Crippen molar-refractivity contribution in [2.45, 2.75) is 13.2 Å². The summed E-state index contributed by atoms with van der Waals surface area (Å²) in [4.78, 5) is 3.04. The van der Waals surface area contributed by atoms with Gasteiger partial charge in [-0.2, -0.15) is 0 Å². The van der Waals surface area contributed by atoms with Crippen molar-refractivity contribution in [2.75, 3.05) is 12.4 Å². The lowest BCUT2D eigenvalue weighted by molar-refractivity contribution is 0.185. The number of benzene rings is 1. The summed E-state index contributed by atoms with van der Waals surface area (Å²) in [5.74, 6) is 0. The van der Waals surface area contributed by atoms with Gasteiger partial charge in [0.1, 0.15) is 0 Å². The van der Waals surface area contributed by atoms with Gasteiger partial charge in [0.2, 0.25) is 0 Å². The molecule has 0 aliphatic heterocycles. The van der Waals surface area contributed by atoms with Gasteiger partial charge in [0, 0.05) is 37.3 Å². The van der Waals surface area contributed by atoms with E-state index in [2.05, 4.69) is 28.5 Å². The van der Waals surface area contributed by atoms with Crippen LogP contribution < -0.4 is 5.32 Å². The average Bonchev–Trinajstić information content (AvgIpc) is 2.81. The highest BCUT2D eigenvalue weighted by molar-refractivity contribution is 5.51. The lowest BCUT2D eigenvalue weighted by atomic mass is 10.2. The first kappa shape index (κ1) is 10.8. The zero-order chi connectivity index (χ0) is 11.2. The molecule has 0 atom stereocenters. The fourth-order valence-corrected chi connectivity index (χ4v) is 1.64. The van der Waals surface area contributed by atoms with Gasteiger partial charge < -0.3 is 15.0 Å². The molecule has 2 N–H and O–H groups in total. The molecule has 16 heavy (non-hydrogen) atoms. The van der Waals surface area contributed by atoms with Crippen LogP contribution in [0.25, 0.3) is 0 Å². The minimum Gasteiger partial charge on any atom is -0.381 e. The molecule has 84 valence electrons. The Labute approximate surface area is 95.5 Å². The summed E-state index contributed by atoms with van der Waals surface area (Å²) >= 11 is 0. The van der Waals surface area contributed by atoms with Crippen LogP contribution in [-0.2, 0) is 17.9 Å². The molecule has 3 heteroatoms. The van der Waals surface area contributed by atoms with Crippen molar-refractivity contribution in [3.63, 3.8) is 0 Å². The highest BCUT2D eigenvalue weighted by atomic mass is 16.5. The van der Waals surface area contributed by atoms with Gasteiger partial charge in [-0.15, -0.1) is 0 Å². The van der Waals surface area contributed by atoms with Gasteiger partial charge in [-0.1, -0.05) is 18.2 Å². The van der Waals surface area contributed by atoms with E-state index in [1.54, 1.807) is 7.11 Å². The number of para-hydroxylation sites is 1. The van der Waals surface area contributed by atoms with Crippen molar-refractivity contribution in [1.29, 1.82) is 0 Å². The summed E-state index contributed by atoms with van der Waals surface area (Å²) in [6.45, 7) is 1.46. The molecule has 0 saturated heterocycles. The maximum Gasteiger partial charge on any atom is 0.0733 e. The van der Waals surface area contributed by atoms with E-state index in [9.17, 15) is 0 Å². The van der Waals surface area contributed by atoms with Gasteiger partial charge >= 0.3 is 0 Å². The van der Waals surface area contributed by atoms with E-state index < -0.39 is 0 Å². The Bertz CT molecular complexity index is 423. The second kappa shape index (κ2) is 5.37. The summed E-state index contributed by atoms with van der Waals surface area (Å²) in [7, 11) is 1.71. The molecular weight excluding hydrogens is 200 g/mol. The minimum atomic E-state index is 0.635. The standard InChI is InChI=1S/C13H16N2O/c1-16-10-12-4-2-3-5-13(12)15-9-11-6-7-14-8-11/h2-8,14-15H,9-10H2,1H3. The summed E-state index contributed by atoms with van der Waals surface area (Å²) in [6.07, 6.45) is 3.92. The molecule has 1 heterocycles. The number of nitrogens with one attached hydrogen (secondary N) is 2. The fourth-order valence-electron chi connectivity index (χ4n) is 1.64. The summed E-state index contributed by atoms with van der Waals surface area (Å²) < 4.78 is 5.16. The number of methoxy groups -OCH3 is 1. The van der Waals surface area contributed by atoms with Gasteiger partial charge in [0.15, 0.2) is 0 Å². The fraction of sp³-hybridized carbons (Fsp3) is 0.231. The van der Waals surface area contributed by atoms with E-state index in [1.807, 2.05) is 24.5 Å². The number of ether oxygens (including phenoxy) is 1. The van der Waals surface area contributed by atoms with Crippen LogP contribution in [0.5, 0.6) is 0 Å². The molecule has 0 fully saturated rings. The highest BCUT2D eigenvalue weighted by Crippen LogP contribution is 2.16. The quantitative estimate of drug-likeness (QED) is 0.806. The van der Waals surface area contributed by atoms with Crippen molar-refractivity contribution in [3.8, 4) is 0 Å². The van der Waals surface area contributed by atoms with Crippen molar-refractivity contribution in [2.24, 2.45) is 0 Å². The van der Waals surface area contributed by atoms with E-state index in [1.165, 1.54) is 11.1 Å². The van der Waals surface area contributed by atoms with Crippen molar-refractivity contribution >= 4 is 5.69 Å². The third kappa shape index (κ3) is 2.64. The van der Waals surface area contributed by atoms with Crippen LogP contribution in [0.4, 0.5) is 5.69 Å². The molecule has 0 aliphatic carbocycles. The molecule has 2 aromatic rings. The topological polar surface area (TPSA) is 37.0 Å². The molecule has 0 saturated carbocycles. The lowest BCUT2D eigenvalue weighted by Gasteiger charge is -2.10. The number of anilines is 1. The minimum absolute atomic E-state index is 0.635. The molecule has 0 amide bonds. The monoisotopic (exact) mass is 216 g/mol. The Morgan fingerprint density at radius 2 is 2.12 bits per heavy atom. The number of rotatable bonds is 5. The van der Waals surface area contributed by atoms with Crippen LogP contribution in [0.2, 0.25) is 0 Å². The van der Waals surface area contributed by atoms with Crippen molar-refractivity contribution < 1.29 is 4.74 Å². The number of aromatic amines is 1. The van der Waals surface area contributed by atoms with Gasteiger partial charge in [-0.25, -0.2) is 0 Å². The van der Waals surface area contributed by atoms with Crippen molar-refractivity contribution in [1.82, 2.24) is 4.98 Å². The van der Waals surface area contributed by atoms with Crippen LogP contribution in [0.1, 0.15) is 11.1 Å². The normalized spacial score (nSPS) is 10.3. The second-order valence-electron chi connectivity index (χ2n) is 3.66. The molecule has 2 rings (SSSR count). The smallest absolute Gasteiger partial charge is 0.0733 e. The van der Waals surface area contributed by atoms with Gasteiger partial charge in [-0.3, -0.25) is 0 Å². The molecular formula is C13H16N2O.